The van der Waals surface area contributed by atoms with E-state index in [9.17, 15) is 9.90 Å². The summed E-state index contributed by atoms with van der Waals surface area (Å²) >= 11 is 11.8. The van der Waals surface area contributed by atoms with Crippen LogP contribution in [0, 0.1) is 0 Å². The van der Waals surface area contributed by atoms with Crippen LogP contribution in [-0.2, 0) is 4.74 Å². The Kier molecular flexibility index (Phi) is 3.94. The Morgan fingerprint density at radius 1 is 1.61 bits per heavy atom. The summed E-state index contributed by atoms with van der Waals surface area (Å²) in [5.41, 5.74) is -0.0187. The molecule has 0 spiro atoms. The molecule has 98 valence electrons. The van der Waals surface area contributed by atoms with Crippen LogP contribution in [-0.4, -0.2) is 41.9 Å². The smallest absolute Gasteiger partial charge is 0.341 e. The molecular weight excluding hydrogens is 279 g/mol. The van der Waals surface area contributed by atoms with Crippen molar-refractivity contribution in [2.24, 2.45) is 0 Å². The maximum Gasteiger partial charge on any atom is 0.341 e. The van der Waals surface area contributed by atoms with E-state index in [4.69, 9.17) is 27.9 Å². The molecule has 1 aromatic rings. The lowest BCUT2D eigenvalue weighted by Gasteiger charge is -2.35. The van der Waals surface area contributed by atoms with E-state index in [0.717, 1.165) is 0 Å². The van der Waals surface area contributed by atoms with Crippen LogP contribution < -0.4 is 4.90 Å². The third-order valence-corrected chi connectivity index (χ3v) is 3.27. The maximum absolute atomic E-state index is 11.3. The summed E-state index contributed by atoms with van der Waals surface area (Å²) in [6, 6.07) is 1.36. The molecule has 7 heteroatoms. The molecule has 1 aliphatic rings. The standard InChI is InChI=1S/C11H12Cl2N2O3/c1-6-5-18-3-2-15(6)10-9(11(16)17)7(12)4-8(13)14-10/h4,6H,2-3,5H2,1H3,(H,16,17)/t6-/m1/s1. The van der Waals surface area contributed by atoms with Crippen LogP contribution in [0.1, 0.15) is 17.3 Å². The lowest BCUT2D eigenvalue weighted by molar-refractivity contribution is 0.0694. The van der Waals surface area contributed by atoms with Gasteiger partial charge in [-0.3, -0.25) is 0 Å². The minimum atomic E-state index is -1.11. The normalized spacial score (nSPS) is 19.9. The highest BCUT2D eigenvalue weighted by atomic mass is 35.5. The largest absolute Gasteiger partial charge is 0.478 e. The highest BCUT2D eigenvalue weighted by Gasteiger charge is 2.27. The van der Waals surface area contributed by atoms with Crippen molar-refractivity contribution < 1.29 is 14.6 Å². The summed E-state index contributed by atoms with van der Waals surface area (Å²) in [6.07, 6.45) is 0. The van der Waals surface area contributed by atoms with Gasteiger partial charge in [-0.05, 0) is 13.0 Å². The second-order valence-electron chi connectivity index (χ2n) is 4.05. The number of carboxylic acids is 1. The van der Waals surface area contributed by atoms with Gasteiger partial charge >= 0.3 is 5.97 Å². The molecule has 0 aromatic carbocycles. The van der Waals surface area contributed by atoms with E-state index < -0.39 is 5.97 Å². The molecule has 1 atom stereocenters. The van der Waals surface area contributed by atoms with Gasteiger partial charge in [0.1, 0.15) is 16.5 Å². The Hall–Kier alpha value is -1.04. The number of morpholine rings is 1. The van der Waals surface area contributed by atoms with Gasteiger partial charge in [-0.25, -0.2) is 9.78 Å². The predicted molar refractivity (Wildman–Crippen MR) is 68.8 cm³/mol. The molecule has 0 aliphatic carbocycles. The zero-order valence-corrected chi connectivity index (χ0v) is 11.2. The predicted octanol–water partition coefficient (Wildman–Crippen LogP) is 2.31. The number of nitrogens with zero attached hydrogens (tertiary/aromatic N) is 2. The van der Waals surface area contributed by atoms with Crippen LogP contribution in [0.25, 0.3) is 0 Å². The van der Waals surface area contributed by atoms with Gasteiger partial charge < -0.3 is 14.7 Å². The number of pyridine rings is 1. The number of carboxylic acid groups (broad SMARTS) is 1. The van der Waals surface area contributed by atoms with Gasteiger partial charge in [0.2, 0.25) is 0 Å². The zero-order chi connectivity index (χ0) is 13.3. The first-order chi connectivity index (χ1) is 8.50. The number of halogens is 2. The fraction of sp³-hybridized carbons (Fsp3) is 0.455. The van der Waals surface area contributed by atoms with Crippen molar-refractivity contribution in [1.82, 2.24) is 4.98 Å². The molecule has 1 aliphatic heterocycles. The van der Waals surface area contributed by atoms with E-state index in [0.29, 0.717) is 25.6 Å². The number of aromatic nitrogens is 1. The van der Waals surface area contributed by atoms with Crippen molar-refractivity contribution in [2.45, 2.75) is 13.0 Å². The number of rotatable bonds is 2. The fourth-order valence-electron chi connectivity index (χ4n) is 1.92. The minimum Gasteiger partial charge on any atom is -0.478 e. The van der Waals surface area contributed by atoms with E-state index in [1.165, 1.54) is 6.07 Å². The molecule has 2 rings (SSSR count). The van der Waals surface area contributed by atoms with E-state index >= 15 is 0 Å². The average molecular weight is 291 g/mol. The number of anilines is 1. The van der Waals surface area contributed by atoms with Crippen LogP contribution >= 0.6 is 23.2 Å². The molecule has 2 heterocycles. The Balaban J connectivity index is 2.50. The number of aromatic carboxylic acids is 1. The highest BCUT2D eigenvalue weighted by molar-refractivity contribution is 6.36. The summed E-state index contributed by atoms with van der Waals surface area (Å²) in [5, 5.41) is 9.50. The van der Waals surface area contributed by atoms with Crippen molar-refractivity contribution in [3.63, 3.8) is 0 Å². The Morgan fingerprint density at radius 3 is 2.94 bits per heavy atom. The topological polar surface area (TPSA) is 62.7 Å². The molecule has 1 aromatic heterocycles. The summed E-state index contributed by atoms with van der Waals surface area (Å²) in [6.45, 7) is 3.53. The van der Waals surface area contributed by atoms with Crippen LogP contribution in [0.4, 0.5) is 5.82 Å². The van der Waals surface area contributed by atoms with Crippen LogP contribution in [0.15, 0.2) is 6.07 Å². The maximum atomic E-state index is 11.3. The lowest BCUT2D eigenvalue weighted by atomic mass is 10.2. The van der Waals surface area contributed by atoms with Gasteiger partial charge in [0.15, 0.2) is 0 Å². The minimum absolute atomic E-state index is 0.0187. The van der Waals surface area contributed by atoms with Crippen molar-refractivity contribution in [2.75, 3.05) is 24.7 Å². The molecule has 0 unspecified atom stereocenters. The summed E-state index contributed by atoms with van der Waals surface area (Å²) < 4.78 is 5.31. The Labute approximate surface area is 114 Å². The molecule has 1 saturated heterocycles. The highest BCUT2D eigenvalue weighted by Crippen LogP contribution is 2.30. The van der Waals surface area contributed by atoms with Crippen LogP contribution in [0.5, 0.6) is 0 Å². The molecule has 0 amide bonds. The van der Waals surface area contributed by atoms with E-state index in [-0.39, 0.29) is 21.8 Å². The van der Waals surface area contributed by atoms with Crippen molar-refractivity contribution in [3.05, 3.63) is 21.8 Å². The Bertz CT molecular complexity index is 482. The fourth-order valence-corrected chi connectivity index (χ4v) is 2.43. The van der Waals surface area contributed by atoms with E-state index in [1.807, 2.05) is 11.8 Å². The number of hydrogen-bond donors (Lipinski definition) is 1. The first-order valence-corrected chi connectivity index (χ1v) is 6.20. The number of hydrogen-bond acceptors (Lipinski definition) is 4. The van der Waals surface area contributed by atoms with Gasteiger partial charge in [0.05, 0.1) is 24.3 Å². The SMILES string of the molecule is C[C@@H]1COCCN1c1nc(Cl)cc(Cl)c1C(=O)O. The quantitative estimate of drug-likeness (QED) is 0.847. The first kappa shape index (κ1) is 13.4. The van der Waals surface area contributed by atoms with Crippen LogP contribution in [0.2, 0.25) is 10.2 Å². The van der Waals surface area contributed by atoms with Gasteiger partial charge in [0.25, 0.3) is 0 Å². The zero-order valence-electron chi connectivity index (χ0n) is 9.69. The second-order valence-corrected chi connectivity index (χ2v) is 4.84. The lowest BCUT2D eigenvalue weighted by Crippen LogP contribution is -2.44. The molecule has 0 bridgehead atoms. The third-order valence-electron chi connectivity index (χ3n) is 2.77. The van der Waals surface area contributed by atoms with Crippen molar-refractivity contribution in [3.8, 4) is 0 Å². The molecule has 0 radical (unpaired) electrons. The first-order valence-electron chi connectivity index (χ1n) is 5.44. The third kappa shape index (κ3) is 2.53. The molecule has 18 heavy (non-hydrogen) atoms. The van der Waals surface area contributed by atoms with Crippen LogP contribution in [0.3, 0.4) is 0 Å². The van der Waals surface area contributed by atoms with E-state index in [2.05, 4.69) is 4.98 Å². The van der Waals surface area contributed by atoms with Gasteiger partial charge in [-0.1, -0.05) is 23.2 Å². The second kappa shape index (κ2) is 5.30. The summed E-state index contributed by atoms with van der Waals surface area (Å²) in [4.78, 5) is 17.2. The van der Waals surface area contributed by atoms with Crippen molar-refractivity contribution in [1.29, 1.82) is 0 Å². The summed E-state index contributed by atoms with van der Waals surface area (Å²) in [7, 11) is 0. The molecular formula is C11H12Cl2N2O3. The monoisotopic (exact) mass is 290 g/mol. The van der Waals surface area contributed by atoms with Gasteiger partial charge in [-0.15, -0.1) is 0 Å². The average Bonchev–Trinajstić information content (AvgIpc) is 2.27. The molecule has 5 nitrogen and oxygen atoms in total. The van der Waals surface area contributed by atoms with Gasteiger partial charge in [-0.2, -0.15) is 0 Å². The summed E-state index contributed by atoms with van der Waals surface area (Å²) in [5.74, 6) is -0.811. The number of carbonyl (C=O) groups is 1. The van der Waals surface area contributed by atoms with Crippen molar-refractivity contribution >= 4 is 35.0 Å². The van der Waals surface area contributed by atoms with Gasteiger partial charge in [0, 0.05) is 6.54 Å². The molecule has 1 N–H and O–H groups in total. The Morgan fingerprint density at radius 2 is 2.33 bits per heavy atom. The van der Waals surface area contributed by atoms with E-state index in [1.54, 1.807) is 0 Å². The molecule has 0 saturated carbocycles. The number of ether oxygens (including phenoxy) is 1. The molecule has 1 fully saturated rings.